The normalized spacial score (nSPS) is 12.9. The van der Waals surface area contributed by atoms with E-state index in [1.54, 1.807) is 6.07 Å². The van der Waals surface area contributed by atoms with Crippen LogP contribution in [0.25, 0.3) is 11.1 Å². The number of carbonyl (C=O) groups is 1. The monoisotopic (exact) mass is 254 g/mol. The van der Waals surface area contributed by atoms with Gasteiger partial charge in [0, 0.05) is 6.42 Å². The lowest BCUT2D eigenvalue weighted by Gasteiger charge is -2.10. The number of hydrogen-bond donors (Lipinski definition) is 1. The Hall–Kier alpha value is -2.29. The van der Waals surface area contributed by atoms with Crippen molar-refractivity contribution in [3.63, 3.8) is 0 Å². The van der Waals surface area contributed by atoms with Gasteiger partial charge in [0.1, 0.15) is 11.3 Å². The van der Waals surface area contributed by atoms with Crippen LogP contribution in [0, 0.1) is 6.92 Å². The Labute approximate surface area is 111 Å². The van der Waals surface area contributed by atoms with Crippen LogP contribution in [0.5, 0.6) is 5.75 Å². The van der Waals surface area contributed by atoms with Gasteiger partial charge in [0.05, 0.1) is 6.61 Å². The molecular formula is C16H14O3. The third-order valence-electron chi connectivity index (χ3n) is 3.47. The molecule has 2 aromatic carbocycles. The largest absolute Gasteiger partial charge is 0.492 e. The topological polar surface area (TPSA) is 46.5 Å². The van der Waals surface area contributed by atoms with Gasteiger partial charge in [-0.2, -0.15) is 0 Å². The number of hydrogen-bond acceptors (Lipinski definition) is 2. The van der Waals surface area contributed by atoms with E-state index in [0.29, 0.717) is 12.4 Å². The lowest BCUT2D eigenvalue weighted by molar-refractivity contribution is 0.0693. The molecule has 1 aliphatic heterocycles. The number of aromatic carboxylic acids is 1. The summed E-state index contributed by atoms with van der Waals surface area (Å²) in [4.78, 5) is 11.3. The number of ether oxygens (including phenoxy) is 1. The van der Waals surface area contributed by atoms with E-state index in [1.165, 1.54) is 0 Å². The van der Waals surface area contributed by atoms with Crippen LogP contribution in [0.4, 0.5) is 0 Å². The number of rotatable bonds is 2. The summed E-state index contributed by atoms with van der Waals surface area (Å²) in [6.07, 6.45) is 0.773. The SMILES string of the molecule is Cc1ccccc1-c1cc2c(c(C(=O)O)c1)OCC2. The van der Waals surface area contributed by atoms with Crippen LogP contribution >= 0.6 is 0 Å². The first kappa shape index (κ1) is 11.8. The number of benzene rings is 2. The first-order valence-electron chi connectivity index (χ1n) is 6.26. The molecule has 0 saturated heterocycles. The van der Waals surface area contributed by atoms with Crippen LogP contribution in [0.2, 0.25) is 0 Å². The van der Waals surface area contributed by atoms with Crippen molar-refractivity contribution in [2.24, 2.45) is 0 Å². The molecule has 3 nitrogen and oxygen atoms in total. The highest BCUT2D eigenvalue weighted by atomic mass is 16.5. The standard InChI is InChI=1S/C16H14O3/c1-10-4-2-3-5-13(10)12-8-11-6-7-19-15(11)14(9-12)16(17)18/h2-5,8-9H,6-7H2,1H3,(H,17,18). The molecule has 0 amide bonds. The molecule has 0 fully saturated rings. The molecule has 3 rings (SSSR count). The van der Waals surface area contributed by atoms with Crippen molar-refractivity contribution in [3.8, 4) is 16.9 Å². The number of fused-ring (bicyclic) bond motifs is 1. The predicted molar refractivity (Wildman–Crippen MR) is 72.8 cm³/mol. The van der Waals surface area contributed by atoms with E-state index in [0.717, 1.165) is 28.7 Å². The molecule has 0 unspecified atom stereocenters. The highest BCUT2D eigenvalue weighted by molar-refractivity contribution is 5.94. The minimum atomic E-state index is -0.936. The second-order valence-electron chi connectivity index (χ2n) is 4.73. The maximum absolute atomic E-state index is 11.3. The molecule has 2 aromatic rings. The Kier molecular flexibility index (Phi) is 2.75. The first-order chi connectivity index (χ1) is 9.16. The molecule has 0 radical (unpaired) electrons. The molecule has 0 saturated carbocycles. The van der Waals surface area contributed by atoms with Crippen molar-refractivity contribution < 1.29 is 14.6 Å². The molecule has 3 heteroatoms. The predicted octanol–water partition coefficient (Wildman–Crippen LogP) is 3.30. The molecule has 96 valence electrons. The van der Waals surface area contributed by atoms with E-state index < -0.39 is 5.97 Å². The lowest BCUT2D eigenvalue weighted by atomic mass is 9.95. The van der Waals surface area contributed by atoms with E-state index >= 15 is 0 Å². The zero-order chi connectivity index (χ0) is 13.4. The molecule has 1 heterocycles. The second-order valence-corrected chi connectivity index (χ2v) is 4.73. The summed E-state index contributed by atoms with van der Waals surface area (Å²) in [6.45, 7) is 2.59. The van der Waals surface area contributed by atoms with Crippen molar-refractivity contribution in [1.29, 1.82) is 0 Å². The molecule has 1 aliphatic rings. The second kappa shape index (κ2) is 4.43. The van der Waals surface area contributed by atoms with E-state index in [2.05, 4.69) is 0 Å². The van der Waals surface area contributed by atoms with Crippen molar-refractivity contribution >= 4 is 5.97 Å². The minimum absolute atomic E-state index is 0.258. The van der Waals surface area contributed by atoms with Gasteiger partial charge in [0.15, 0.2) is 0 Å². The maximum atomic E-state index is 11.3. The van der Waals surface area contributed by atoms with E-state index in [1.807, 2.05) is 37.3 Å². The van der Waals surface area contributed by atoms with Gasteiger partial charge in [0.2, 0.25) is 0 Å². The average molecular weight is 254 g/mol. The third-order valence-corrected chi connectivity index (χ3v) is 3.47. The maximum Gasteiger partial charge on any atom is 0.339 e. The lowest BCUT2D eigenvalue weighted by Crippen LogP contribution is -2.00. The number of carboxylic acids is 1. The molecule has 19 heavy (non-hydrogen) atoms. The fourth-order valence-electron chi connectivity index (χ4n) is 2.52. The van der Waals surface area contributed by atoms with Gasteiger partial charge in [-0.1, -0.05) is 24.3 Å². The van der Waals surface area contributed by atoms with Crippen LogP contribution in [0.1, 0.15) is 21.5 Å². The van der Waals surface area contributed by atoms with Crippen molar-refractivity contribution in [3.05, 3.63) is 53.1 Å². The van der Waals surface area contributed by atoms with Gasteiger partial charge in [-0.25, -0.2) is 4.79 Å². The summed E-state index contributed by atoms with van der Waals surface area (Å²) in [5.74, 6) is -0.404. The molecule has 0 bridgehead atoms. The Morgan fingerprint density at radius 1 is 1.26 bits per heavy atom. The summed E-state index contributed by atoms with van der Waals surface area (Å²) >= 11 is 0. The van der Waals surface area contributed by atoms with Gasteiger partial charge in [-0.15, -0.1) is 0 Å². The quantitative estimate of drug-likeness (QED) is 0.894. The fourth-order valence-corrected chi connectivity index (χ4v) is 2.52. The van der Waals surface area contributed by atoms with E-state index in [-0.39, 0.29) is 5.56 Å². The molecular weight excluding hydrogens is 240 g/mol. The Morgan fingerprint density at radius 2 is 2.05 bits per heavy atom. The molecule has 0 aromatic heterocycles. The Morgan fingerprint density at radius 3 is 2.79 bits per heavy atom. The zero-order valence-corrected chi connectivity index (χ0v) is 10.6. The number of carboxylic acid groups (broad SMARTS) is 1. The Bertz CT molecular complexity index is 659. The van der Waals surface area contributed by atoms with Gasteiger partial charge < -0.3 is 9.84 Å². The molecule has 1 N–H and O–H groups in total. The Balaban J connectivity index is 2.21. The summed E-state index contributed by atoms with van der Waals surface area (Å²) in [7, 11) is 0. The summed E-state index contributed by atoms with van der Waals surface area (Å²) < 4.78 is 5.43. The van der Waals surface area contributed by atoms with Crippen molar-refractivity contribution in [1.82, 2.24) is 0 Å². The first-order valence-corrected chi connectivity index (χ1v) is 6.26. The van der Waals surface area contributed by atoms with Gasteiger partial charge >= 0.3 is 5.97 Å². The molecule has 0 atom stereocenters. The van der Waals surface area contributed by atoms with Gasteiger partial charge in [-0.05, 0) is 41.3 Å². The zero-order valence-electron chi connectivity index (χ0n) is 10.6. The van der Waals surface area contributed by atoms with Crippen molar-refractivity contribution in [2.45, 2.75) is 13.3 Å². The fraction of sp³-hybridized carbons (Fsp3) is 0.188. The summed E-state index contributed by atoms with van der Waals surface area (Å²) in [5.41, 5.74) is 4.39. The highest BCUT2D eigenvalue weighted by Crippen LogP contribution is 2.35. The van der Waals surface area contributed by atoms with Crippen LogP contribution in [-0.2, 0) is 6.42 Å². The third kappa shape index (κ3) is 1.97. The van der Waals surface area contributed by atoms with Crippen LogP contribution < -0.4 is 4.74 Å². The van der Waals surface area contributed by atoms with Gasteiger partial charge in [-0.3, -0.25) is 0 Å². The summed E-state index contributed by atoms with van der Waals surface area (Å²) in [6, 6.07) is 11.7. The van der Waals surface area contributed by atoms with Crippen LogP contribution in [0.3, 0.4) is 0 Å². The smallest absolute Gasteiger partial charge is 0.339 e. The van der Waals surface area contributed by atoms with E-state index in [9.17, 15) is 9.90 Å². The van der Waals surface area contributed by atoms with Crippen LogP contribution in [-0.4, -0.2) is 17.7 Å². The summed E-state index contributed by atoms with van der Waals surface area (Å²) in [5, 5.41) is 9.31. The minimum Gasteiger partial charge on any atom is -0.492 e. The van der Waals surface area contributed by atoms with Gasteiger partial charge in [0.25, 0.3) is 0 Å². The van der Waals surface area contributed by atoms with E-state index in [4.69, 9.17) is 4.74 Å². The van der Waals surface area contributed by atoms with Crippen LogP contribution in [0.15, 0.2) is 36.4 Å². The highest BCUT2D eigenvalue weighted by Gasteiger charge is 2.22. The number of aryl methyl sites for hydroxylation is 1. The molecule has 0 aliphatic carbocycles. The molecule has 0 spiro atoms. The average Bonchev–Trinajstić information content (AvgIpc) is 2.86. The van der Waals surface area contributed by atoms with Crippen molar-refractivity contribution in [2.75, 3.05) is 6.61 Å².